The fourth-order valence-corrected chi connectivity index (χ4v) is 3.42. The maximum atomic E-state index is 12.5. The van der Waals surface area contributed by atoms with Gasteiger partial charge in [-0.2, -0.15) is 12.8 Å². The molecule has 5 nitrogen and oxygen atoms in total. The molecule has 0 heterocycles. The lowest BCUT2D eigenvalue weighted by molar-refractivity contribution is 0.340. The fraction of sp³-hybridized carbons (Fsp3) is 0.235. The largest absolute Gasteiger partial charge is 0.364 e. The second kappa shape index (κ2) is 6.83. The van der Waals surface area contributed by atoms with Gasteiger partial charge in [0.1, 0.15) is 5.82 Å². The quantitative estimate of drug-likeness (QED) is 0.849. The number of allylic oxidation sites excluding steroid dienone is 5. The predicted octanol–water partition coefficient (Wildman–Crippen LogP) is 2.28. The zero-order chi connectivity index (χ0) is 17.0. The summed E-state index contributed by atoms with van der Waals surface area (Å²) in [6.45, 7) is 0. The first-order chi connectivity index (χ1) is 10.8. The Bertz CT molecular complexity index is 776. The van der Waals surface area contributed by atoms with Crippen LogP contribution in [-0.4, -0.2) is 52.1 Å². The van der Waals surface area contributed by atoms with Crippen molar-refractivity contribution in [3.8, 4) is 0 Å². The van der Waals surface area contributed by atoms with E-state index in [1.54, 1.807) is 42.5 Å². The number of benzene rings is 1. The van der Waals surface area contributed by atoms with E-state index in [1.807, 2.05) is 50.1 Å². The van der Waals surface area contributed by atoms with Crippen molar-refractivity contribution in [3.05, 3.63) is 66.0 Å². The molecule has 0 atom stereocenters. The molecule has 6 heteroatoms. The van der Waals surface area contributed by atoms with Crippen molar-refractivity contribution in [2.45, 2.75) is 4.90 Å². The van der Waals surface area contributed by atoms with Gasteiger partial charge in [0, 0.05) is 33.8 Å². The van der Waals surface area contributed by atoms with Gasteiger partial charge in [0.2, 0.25) is 0 Å². The highest BCUT2D eigenvalue weighted by atomic mass is 32.2. The molecule has 23 heavy (non-hydrogen) atoms. The molecule has 0 radical (unpaired) electrons. The zero-order valence-electron chi connectivity index (χ0n) is 13.8. The van der Waals surface area contributed by atoms with E-state index in [0.717, 1.165) is 11.4 Å². The van der Waals surface area contributed by atoms with Crippen LogP contribution in [0.1, 0.15) is 0 Å². The summed E-state index contributed by atoms with van der Waals surface area (Å²) in [4.78, 5) is 4.05. The molecule has 122 valence electrons. The van der Waals surface area contributed by atoms with Crippen LogP contribution in [0.2, 0.25) is 0 Å². The van der Waals surface area contributed by atoms with Gasteiger partial charge in [-0.05, 0) is 24.3 Å². The summed E-state index contributed by atoms with van der Waals surface area (Å²) >= 11 is 0. The van der Waals surface area contributed by atoms with Gasteiger partial charge < -0.3 is 9.80 Å². The Balaban J connectivity index is 2.58. The lowest BCUT2D eigenvalue weighted by Gasteiger charge is -2.27. The molecule has 0 saturated heterocycles. The predicted molar refractivity (Wildman–Crippen MR) is 93.7 cm³/mol. The average Bonchev–Trinajstić information content (AvgIpc) is 2.49. The van der Waals surface area contributed by atoms with Gasteiger partial charge >= 0.3 is 0 Å². The summed E-state index contributed by atoms with van der Waals surface area (Å²) in [6.07, 6.45) is 7.24. The highest BCUT2D eigenvalue weighted by Gasteiger charge is 2.19. The Morgan fingerprint density at radius 2 is 1.48 bits per heavy atom. The summed E-state index contributed by atoms with van der Waals surface area (Å²) < 4.78 is 29.1. The van der Waals surface area contributed by atoms with Crippen LogP contribution in [0.25, 0.3) is 0 Å². The number of sulfonamides is 1. The molecule has 1 aliphatic rings. The smallest absolute Gasteiger partial charge is 0.282 e. The van der Waals surface area contributed by atoms with Crippen LogP contribution in [0.3, 0.4) is 0 Å². The second-order valence-corrected chi connectivity index (χ2v) is 7.11. The number of hydrogen-bond acceptors (Lipinski definition) is 4. The van der Waals surface area contributed by atoms with Crippen LogP contribution in [0, 0.1) is 0 Å². The average molecular weight is 331 g/mol. The van der Waals surface area contributed by atoms with Gasteiger partial charge in [0.25, 0.3) is 10.0 Å². The highest BCUT2D eigenvalue weighted by molar-refractivity contribution is 7.90. The second-order valence-electron chi connectivity index (χ2n) is 5.51. The molecule has 0 bridgehead atoms. The van der Waals surface area contributed by atoms with Crippen molar-refractivity contribution in [2.24, 2.45) is 4.40 Å². The fourth-order valence-electron chi connectivity index (χ4n) is 2.40. The lowest BCUT2D eigenvalue weighted by atomic mass is 10.1. The topological polar surface area (TPSA) is 53.0 Å². The van der Waals surface area contributed by atoms with E-state index in [4.69, 9.17) is 0 Å². The Kier molecular flexibility index (Phi) is 5.05. The Morgan fingerprint density at radius 3 is 2.04 bits per heavy atom. The summed E-state index contributed by atoms with van der Waals surface area (Å²) in [5.74, 6) is 0.882. The zero-order valence-corrected chi connectivity index (χ0v) is 14.6. The van der Waals surface area contributed by atoms with Crippen LogP contribution < -0.4 is 0 Å². The van der Waals surface area contributed by atoms with Crippen molar-refractivity contribution in [1.29, 1.82) is 0 Å². The van der Waals surface area contributed by atoms with E-state index in [1.165, 1.54) is 0 Å². The first-order valence-corrected chi connectivity index (χ1v) is 8.61. The third kappa shape index (κ3) is 3.90. The molecule has 1 aromatic rings. The molecular weight excluding hydrogens is 310 g/mol. The Morgan fingerprint density at radius 1 is 0.913 bits per heavy atom. The van der Waals surface area contributed by atoms with Crippen LogP contribution in [0.5, 0.6) is 0 Å². The number of hydrogen-bond donors (Lipinski definition) is 0. The van der Waals surface area contributed by atoms with E-state index >= 15 is 0 Å². The first-order valence-electron chi connectivity index (χ1n) is 7.17. The van der Waals surface area contributed by atoms with Crippen molar-refractivity contribution in [3.63, 3.8) is 0 Å². The van der Waals surface area contributed by atoms with E-state index in [9.17, 15) is 8.42 Å². The van der Waals surface area contributed by atoms with E-state index in [2.05, 4.69) is 4.40 Å². The summed E-state index contributed by atoms with van der Waals surface area (Å²) in [5.41, 5.74) is 1.19. The van der Waals surface area contributed by atoms with Gasteiger partial charge in [-0.1, -0.05) is 30.4 Å². The normalized spacial score (nSPS) is 15.8. The van der Waals surface area contributed by atoms with Crippen LogP contribution in [-0.2, 0) is 10.0 Å². The molecule has 2 rings (SSSR count). The molecule has 0 unspecified atom stereocenters. The molecule has 0 aromatic heterocycles. The van der Waals surface area contributed by atoms with Crippen LogP contribution in [0.4, 0.5) is 0 Å². The molecule has 0 aliphatic heterocycles. The first kappa shape index (κ1) is 17.0. The number of nitrogens with zero attached hydrogens (tertiary/aromatic N) is 3. The molecule has 0 saturated carbocycles. The van der Waals surface area contributed by atoms with Crippen LogP contribution >= 0.6 is 0 Å². The third-order valence-electron chi connectivity index (χ3n) is 3.25. The lowest BCUT2D eigenvalue weighted by Crippen LogP contribution is -2.28. The monoisotopic (exact) mass is 331 g/mol. The molecule has 0 N–H and O–H groups in total. The molecule has 0 fully saturated rings. The van der Waals surface area contributed by atoms with E-state index in [-0.39, 0.29) is 4.90 Å². The highest BCUT2D eigenvalue weighted by Crippen LogP contribution is 2.20. The van der Waals surface area contributed by atoms with Gasteiger partial charge in [0.15, 0.2) is 0 Å². The minimum Gasteiger partial charge on any atom is -0.364 e. The Hall–Kier alpha value is -2.34. The van der Waals surface area contributed by atoms with Crippen molar-refractivity contribution >= 4 is 15.7 Å². The molecule has 1 aliphatic carbocycles. The minimum atomic E-state index is -3.75. The standard InChI is InChI=1S/C17H21N3O2S/c1-19(2)17(20(3)4)15-12-8-9-13-16(15)18-23(21,22)14-10-6-5-7-11-14/h5-13H,1-4H3/b18-16+. The van der Waals surface area contributed by atoms with E-state index in [0.29, 0.717) is 5.71 Å². The maximum Gasteiger partial charge on any atom is 0.282 e. The minimum absolute atomic E-state index is 0.186. The number of rotatable bonds is 4. The molecular formula is C17H21N3O2S. The van der Waals surface area contributed by atoms with Crippen molar-refractivity contribution in [1.82, 2.24) is 9.80 Å². The molecule has 0 amide bonds. The summed E-state index contributed by atoms with van der Waals surface area (Å²) in [7, 11) is 3.91. The maximum absolute atomic E-state index is 12.5. The SMILES string of the molecule is CN(C)C(=C1C=CC=C/C1=N\S(=O)(=O)c1ccccc1)N(C)C. The summed E-state index contributed by atoms with van der Waals surface area (Å²) in [6, 6.07) is 8.24. The van der Waals surface area contributed by atoms with Crippen LogP contribution in [0.15, 0.2) is 75.3 Å². The molecule has 1 aromatic carbocycles. The third-order valence-corrected chi connectivity index (χ3v) is 4.56. The summed E-state index contributed by atoms with van der Waals surface area (Å²) in [5, 5.41) is 0. The van der Waals surface area contributed by atoms with Gasteiger partial charge in [-0.3, -0.25) is 0 Å². The van der Waals surface area contributed by atoms with Gasteiger partial charge in [-0.25, -0.2) is 0 Å². The van der Waals surface area contributed by atoms with Crippen molar-refractivity contribution in [2.75, 3.05) is 28.2 Å². The molecule has 0 spiro atoms. The van der Waals surface area contributed by atoms with Gasteiger partial charge in [0.05, 0.1) is 10.6 Å². The van der Waals surface area contributed by atoms with E-state index < -0.39 is 10.0 Å². The van der Waals surface area contributed by atoms with Crippen molar-refractivity contribution < 1.29 is 8.42 Å². The van der Waals surface area contributed by atoms with Gasteiger partial charge in [-0.15, -0.1) is 0 Å². The Labute approximate surface area is 138 Å².